The monoisotopic (exact) mass is 324 g/mol. The highest BCUT2D eigenvalue weighted by atomic mass is 127. The normalized spacial score (nSPS) is 12.1. The van der Waals surface area contributed by atoms with E-state index < -0.39 is 0 Å². The molecule has 1 unspecified atom stereocenters. The molecule has 0 bridgehead atoms. The average Bonchev–Trinajstić information content (AvgIpc) is 2.33. The lowest BCUT2D eigenvalue weighted by Crippen LogP contribution is -2.07. The van der Waals surface area contributed by atoms with Crippen molar-refractivity contribution in [3.05, 3.63) is 57.9 Å². The Morgan fingerprint density at radius 2 is 1.81 bits per heavy atom. The quantitative estimate of drug-likeness (QED) is 0.867. The van der Waals surface area contributed by atoms with Gasteiger partial charge in [-0.1, -0.05) is 12.1 Å². The highest BCUT2D eigenvalue weighted by molar-refractivity contribution is 14.1. The maximum Gasteiger partial charge on any atom is 0.0487 e. The Morgan fingerprint density at radius 3 is 2.50 bits per heavy atom. The van der Waals surface area contributed by atoms with Crippen LogP contribution in [0.5, 0.6) is 0 Å². The molecule has 1 N–H and O–H groups in total. The van der Waals surface area contributed by atoms with E-state index in [4.69, 9.17) is 0 Å². The molecule has 82 valence electrons. The first kappa shape index (κ1) is 11.4. The van der Waals surface area contributed by atoms with Crippen molar-refractivity contribution in [2.24, 2.45) is 0 Å². The van der Waals surface area contributed by atoms with Crippen LogP contribution in [0.4, 0.5) is 5.69 Å². The summed E-state index contributed by atoms with van der Waals surface area (Å²) in [5.74, 6) is 0. The van der Waals surface area contributed by atoms with Crippen molar-refractivity contribution < 1.29 is 0 Å². The van der Waals surface area contributed by atoms with Gasteiger partial charge in [0, 0.05) is 27.7 Å². The third kappa shape index (κ3) is 2.72. The molecule has 2 nitrogen and oxygen atoms in total. The fourth-order valence-electron chi connectivity index (χ4n) is 1.55. The number of aromatic nitrogens is 1. The second-order valence-electron chi connectivity index (χ2n) is 3.63. The molecule has 0 aliphatic heterocycles. The van der Waals surface area contributed by atoms with E-state index in [-0.39, 0.29) is 0 Å². The molecule has 1 heterocycles. The predicted octanol–water partition coefficient (Wildman–Crippen LogP) is 3.86. The van der Waals surface area contributed by atoms with E-state index in [1.807, 2.05) is 36.7 Å². The van der Waals surface area contributed by atoms with Gasteiger partial charge in [-0.15, -0.1) is 0 Å². The first-order valence-electron chi connectivity index (χ1n) is 5.18. The minimum atomic E-state index is 0.291. The maximum absolute atomic E-state index is 4.02. The number of para-hydroxylation sites is 1. The molecule has 0 saturated carbocycles. The molecule has 2 aromatic rings. The smallest absolute Gasteiger partial charge is 0.0487 e. The summed E-state index contributed by atoms with van der Waals surface area (Å²) in [4.78, 5) is 4.02. The van der Waals surface area contributed by atoms with E-state index in [0.29, 0.717) is 6.04 Å². The highest BCUT2D eigenvalue weighted by Crippen LogP contribution is 2.22. The number of nitrogens with one attached hydrogen (secondary N) is 1. The van der Waals surface area contributed by atoms with Crippen LogP contribution >= 0.6 is 22.6 Å². The van der Waals surface area contributed by atoms with Gasteiger partial charge in [0.05, 0.1) is 0 Å². The molecule has 3 heteroatoms. The van der Waals surface area contributed by atoms with E-state index in [1.165, 1.54) is 14.8 Å². The summed E-state index contributed by atoms with van der Waals surface area (Å²) >= 11 is 2.34. The van der Waals surface area contributed by atoms with E-state index in [0.717, 1.165) is 0 Å². The van der Waals surface area contributed by atoms with E-state index >= 15 is 0 Å². The van der Waals surface area contributed by atoms with E-state index in [1.54, 1.807) is 0 Å². The average molecular weight is 324 g/mol. The number of benzene rings is 1. The molecule has 0 aliphatic rings. The van der Waals surface area contributed by atoms with E-state index in [2.05, 4.69) is 51.9 Å². The van der Waals surface area contributed by atoms with Crippen LogP contribution in [0.25, 0.3) is 0 Å². The Labute approximate surface area is 109 Å². The summed E-state index contributed by atoms with van der Waals surface area (Å²) in [6, 6.07) is 12.6. The van der Waals surface area contributed by atoms with Crippen LogP contribution in [0.2, 0.25) is 0 Å². The van der Waals surface area contributed by atoms with Gasteiger partial charge < -0.3 is 5.32 Å². The number of pyridine rings is 1. The minimum Gasteiger partial charge on any atom is -0.378 e. The number of rotatable bonds is 3. The molecule has 0 fully saturated rings. The molecule has 0 amide bonds. The molecule has 1 aromatic carbocycles. The number of nitrogens with zero attached hydrogens (tertiary/aromatic N) is 1. The number of hydrogen-bond donors (Lipinski definition) is 1. The van der Waals surface area contributed by atoms with Crippen molar-refractivity contribution in [1.82, 2.24) is 4.98 Å². The van der Waals surface area contributed by atoms with Crippen molar-refractivity contribution in [1.29, 1.82) is 0 Å². The lowest BCUT2D eigenvalue weighted by atomic mass is 10.1. The van der Waals surface area contributed by atoms with Crippen molar-refractivity contribution >= 4 is 28.3 Å². The summed E-state index contributed by atoms with van der Waals surface area (Å²) in [5, 5.41) is 3.49. The van der Waals surface area contributed by atoms with Gasteiger partial charge in [-0.25, -0.2) is 0 Å². The molecule has 0 spiro atoms. The molecule has 0 saturated heterocycles. The van der Waals surface area contributed by atoms with Crippen LogP contribution in [0.3, 0.4) is 0 Å². The molecule has 1 atom stereocenters. The number of anilines is 1. The van der Waals surface area contributed by atoms with Gasteiger partial charge >= 0.3 is 0 Å². The van der Waals surface area contributed by atoms with Crippen molar-refractivity contribution in [3.63, 3.8) is 0 Å². The lowest BCUT2D eigenvalue weighted by Gasteiger charge is -2.16. The lowest BCUT2D eigenvalue weighted by molar-refractivity contribution is 0.879. The van der Waals surface area contributed by atoms with Gasteiger partial charge in [0.25, 0.3) is 0 Å². The second kappa shape index (κ2) is 5.30. The van der Waals surface area contributed by atoms with Gasteiger partial charge in [-0.3, -0.25) is 4.98 Å². The summed E-state index contributed by atoms with van der Waals surface area (Å²) < 4.78 is 1.24. The summed E-state index contributed by atoms with van der Waals surface area (Å²) in [5.41, 5.74) is 2.42. The standard InChI is InChI=1S/C13H13IN2/c1-10(11-6-8-15-9-7-11)16-13-5-3-2-4-12(13)14/h2-10,16H,1H3. The molecule has 16 heavy (non-hydrogen) atoms. The summed E-state index contributed by atoms with van der Waals surface area (Å²) in [6.45, 7) is 2.15. The topological polar surface area (TPSA) is 24.9 Å². The van der Waals surface area contributed by atoms with E-state index in [9.17, 15) is 0 Å². The Kier molecular flexibility index (Phi) is 3.77. The van der Waals surface area contributed by atoms with Crippen LogP contribution in [-0.2, 0) is 0 Å². The van der Waals surface area contributed by atoms with Gasteiger partial charge in [0.15, 0.2) is 0 Å². The fourth-order valence-corrected chi connectivity index (χ4v) is 2.09. The largest absolute Gasteiger partial charge is 0.378 e. The van der Waals surface area contributed by atoms with Crippen LogP contribution in [0.1, 0.15) is 18.5 Å². The maximum atomic E-state index is 4.02. The van der Waals surface area contributed by atoms with Crippen molar-refractivity contribution in [2.45, 2.75) is 13.0 Å². The minimum absolute atomic E-state index is 0.291. The second-order valence-corrected chi connectivity index (χ2v) is 4.79. The highest BCUT2D eigenvalue weighted by Gasteiger charge is 2.06. The molecular weight excluding hydrogens is 311 g/mol. The third-order valence-electron chi connectivity index (χ3n) is 2.45. The van der Waals surface area contributed by atoms with Gasteiger partial charge in [-0.05, 0) is 59.3 Å². The Bertz CT molecular complexity index is 456. The first-order chi connectivity index (χ1) is 7.77. The molecule has 1 aromatic heterocycles. The van der Waals surface area contributed by atoms with Gasteiger partial charge in [0.2, 0.25) is 0 Å². The van der Waals surface area contributed by atoms with Gasteiger partial charge in [-0.2, -0.15) is 0 Å². The summed E-state index contributed by atoms with van der Waals surface area (Å²) in [6.07, 6.45) is 3.65. The number of hydrogen-bond acceptors (Lipinski definition) is 2. The van der Waals surface area contributed by atoms with Crippen molar-refractivity contribution in [2.75, 3.05) is 5.32 Å². The predicted molar refractivity (Wildman–Crippen MR) is 75.4 cm³/mol. The van der Waals surface area contributed by atoms with Crippen LogP contribution in [0, 0.1) is 3.57 Å². The zero-order valence-electron chi connectivity index (χ0n) is 9.02. The Balaban J connectivity index is 2.14. The third-order valence-corrected chi connectivity index (χ3v) is 3.39. The van der Waals surface area contributed by atoms with Crippen molar-refractivity contribution in [3.8, 4) is 0 Å². The van der Waals surface area contributed by atoms with Gasteiger partial charge in [0.1, 0.15) is 0 Å². The zero-order chi connectivity index (χ0) is 11.4. The fraction of sp³-hybridized carbons (Fsp3) is 0.154. The SMILES string of the molecule is CC(Nc1ccccc1I)c1ccncc1. The molecule has 0 radical (unpaired) electrons. The van der Waals surface area contributed by atoms with Crippen LogP contribution < -0.4 is 5.32 Å². The molecule has 2 rings (SSSR count). The molecular formula is C13H13IN2. The Morgan fingerprint density at radius 1 is 1.12 bits per heavy atom. The summed E-state index contributed by atoms with van der Waals surface area (Å²) in [7, 11) is 0. The molecule has 0 aliphatic carbocycles. The Hall–Kier alpha value is -1.10. The van der Waals surface area contributed by atoms with Crippen LogP contribution in [-0.4, -0.2) is 4.98 Å². The zero-order valence-corrected chi connectivity index (χ0v) is 11.2. The first-order valence-corrected chi connectivity index (χ1v) is 6.26. The number of halogens is 1. The van der Waals surface area contributed by atoms with Crippen LogP contribution in [0.15, 0.2) is 48.8 Å².